The van der Waals surface area contributed by atoms with Crippen LogP contribution in [0.5, 0.6) is 0 Å². The van der Waals surface area contributed by atoms with E-state index in [1.807, 2.05) is 24.3 Å². The van der Waals surface area contributed by atoms with Crippen molar-refractivity contribution in [1.29, 1.82) is 0 Å². The molecule has 2 saturated heterocycles. The Morgan fingerprint density at radius 2 is 1.59 bits per heavy atom. The number of nitrogens with one attached hydrogen (secondary N) is 2. The summed E-state index contributed by atoms with van der Waals surface area (Å²) in [4.78, 5) is 25.9. The SMILES string of the molecule is CC(=O)NCCCCCC(=O)NCc1cccc(-c2cccc([C@@H]3O[C@H](CN4CCCCC4)C[C@H](c4ccc(CO)cc4)O3)c2)c1. The third kappa shape index (κ3) is 10.2. The second-order valence-electron chi connectivity index (χ2n) is 12.6. The van der Waals surface area contributed by atoms with Crippen molar-refractivity contribution in [2.45, 2.75) is 89.9 Å². The number of unbranched alkanes of at least 4 members (excludes halogenated alkanes) is 2. The van der Waals surface area contributed by atoms with E-state index in [-0.39, 0.29) is 30.6 Å². The van der Waals surface area contributed by atoms with E-state index in [0.29, 0.717) is 19.5 Å². The molecular formula is C38H49N3O5. The van der Waals surface area contributed by atoms with Crippen LogP contribution in [0, 0.1) is 0 Å². The molecule has 3 atom stereocenters. The summed E-state index contributed by atoms with van der Waals surface area (Å²) in [6.45, 7) is 5.81. The van der Waals surface area contributed by atoms with Crippen LogP contribution in [-0.2, 0) is 32.2 Å². The fourth-order valence-corrected chi connectivity index (χ4v) is 6.33. The van der Waals surface area contributed by atoms with Gasteiger partial charge in [0.1, 0.15) is 0 Å². The van der Waals surface area contributed by atoms with E-state index in [4.69, 9.17) is 9.47 Å². The van der Waals surface area contributed by atoms with Crippen molar-refractivity contribution in [2.75, 3.05) is 26.2 Å². The van der Waals surface area contributed by atoms with Crippen LogP contribution in [0.4, 0.5) is 0 Å². The second kappa shape index (κ2) is 17.4. The highest BCUT2D eigenvalue weighted by Gasteiger charge is 2.33. The average Bonchev–Trinajstić information content (AvgIpc) is 3.09. The summed E-state index contributed by atoms with van der Waals surface area (Å²) in [5.74, 6) is 0.0209. The van der Waals surface area contributed by atoms with Gasteiger partial charge in [-0.3, -0.25) is 9.59 Å². The van der Waals surface area contributed by atoms with Gasteiger partial charge in [-0.2, -0.15) is 0 Å². The van der Waals surface area contributed by atoms with Gasteiger partial charge in [-0.1, -0.05) is 73.5 Å². The molecule has 0 bridgehead atoms. The van der Waals surface area contributed by atoms with E-state index in [9.17, 15) is 14.7 Å². The number of aliphatic hydroxyl groups excluding tert-OH is 1. The van der Waals surface area contributed by atoms with Crippen LogP contribution < -0.4 is 10.6 Å². The first kappa shape index (κ1) is 33.8. The molecule has 2 heterocycles. The third-order valence-corrected chi connectivity index (χ3v) is 8.89. The Morgan fingerprint density at radius 3 is 2.35 bits per heavy atom. The molecule has 0 aliphatic carbocycles. The van der Waals surface area contributed by atoms with Gasteiger partial charge in [0.15, 0.2) is 6.29 Å². The number of piperidine rings is 1. The molecule has 0 radical (unpaired) electrons. The molecule has 2 fully saturated rings. The smallest absolute Gasteiger partial charge is 0.220 e. The van der Waals surface area contributed by atoms with Crippen LogP contribution in [0.25, 0.3) is 11.1 Å². The lowest BCUT2D eigenvalue weighted by atomic mass is 9.98. The molecule has 0 spiro atoms. The van der Waals surface area contributed by atoms with Gasteiger partial charge in [-0.25, -0.2) is 0 Å². The van der Waals surface area contributed by atoms with Gasteiger partial charge >= 0.3 is 0 Å². The summed E-state index contributed by atoms with van der Waals surface area (Å²) >= 11 is 0. The highest BCUT2D eigenvalue weighted by Crippen LogP contribution is 2.39. The molecule has 3 aromatic rings. The van der Waals surface area contributed by atoms with Crippen molar-refractivity contribution in [2.24, 2.45) is 0 Å². The molecule has 0 aromatic heterocycles. The Hall–Kier alpha value is -3.56. The van der Waals surface area contributed by atoms with Crippen molar-refractivity contribution >= 4 is 11.8 Å². The number of carbonyl (C=O) groups excluding carboxylic acids is 2. The topological polar surface area (TPSA) is 100 Å². The first-order valence-electron chi connectivity index (χ1n) is 16.9. The number of aliphatic hydroxyl groups is 1. The number of ether oxygens (including phenoxy) is 2. The quantitative estimate of drug-likeness (QED) is 0.184. The highest BCUT2D eigenvalue weighted by atomic mass is 16.7. The summed E-state index contributed by atoms with van der Waals surface area (Å²) in [5, 5.41) is 15.4. The highest BCUT2D eigenvalue weighted by molar-refractivity contribution is 5.76. The maximum Gasteiger partial charge on any atom is 0.220 e. The number of nitrogens with zero attached hydrogens (tertiary/aromatic N) is 1. The third-order valence-electron chi connectivity index (χ3n) is 8.89. The molecule has 2 aliphatic heterocycles. The van der Waals surface area contributed by atoms with E-state index >= 15 is 0 Å². The largest absolute Gasteiger partial charge is 0.392 e. The van der Waals surface area contributed by atoms with Gasteiger partial charge in [0, 0.05) is 45.0 Å². The molecular weight excluding hydrogens is 578 g/mol. The molecule has 2 amide bonds. The number of amides is 2. The number of hydrogen-bond donors (Lipinski definition) is 3. The molecule has 0 saturated carbocycles. The van der Waals surface area contributed by atoms with Crippen LogP contribution in [-0.4, -0.2) is 54.1 Å². The minimum absolute atomic E-state index is 0.0191. The number of hydrogen-bond acceptors (Lipinski definition) is 6. The van der Waals surface area contributed by atoms with Crippen LogP contribution in [0.15, 0.2) is 72.8 Å². The number of benzene rings is 3. The predicted molar refractivity (Wildman–Crippen MR) is 180 cm³/mol. The second-order valence-corrected chi connectivity index (χ2v) is 12.6. The van der Waals surface area contributed by atoms with Crippen LogP contribution >= 0.6 is 0 Å². The maximum absolute atomic E-state index is 12.4. The van der Waals surface area contributed by atoms with Crippen molar-refractivity contribution in [3.8, 4) is 11.1 Å². The van der Waals surface area contributed by atoms with E-state index in [1.165, 1.54) is 26.2 Å². The molecule has 46 heavy (non-hydrogen) atoms. The normalized spacial score (nSPS) is 20.3. The van der Waals surface area contributed by atoms with Crippen molar-refractivity contribution < 1.29 is 24.2 Å². The lowest BCUT2D eigenvalue weighted by molar-refractivity contribution is -0.253. The maximum atomic E-state index is 12.4. The zero-order chi connectivity index (χ0) is 32.1. The molecule has 246 valence electrons. The monoisotopic (exact) mass is 627 g/mol. The Balaban J connectivity index is 1.23. The Labute approximate surface area is 273 Å². The fraction of sp³-hybridized carbons (Fsp3) is 0.474. The number of rotatable bonds is 14. The minimum Gasteiger partial charge on any atom is -0.392 e. The molecule has 0 unspecified atom stereocenters. The summed E-state index contributed by atoms with van der Waals surface area (Å²) in [6.07, 6.45) is 7.09. The number of carbonyl (C=O) groups is 2. The van der Waals surface area contributed by atoms with Gasteiger partial charge in [0.05, 0.1) is 18.8 Å². The fourth-order valence-electron chi connectivity index (χ4n) is 6.33. The van der Waals surface area contributed by atoms with Crippen LogP contribution in [0.2, 0.25) is 0 Å². The van der Waals surface area contributed by atoms with Gasteiger partial charge in [0.2, 0.25) is 11.8 Å². The summed E-state index contributed by atoms with van der Waals surface area (Å²) in [6, 6.07) is 24.7. The zero-order valence-corrected chi connectivity index (χ0v) is 27.1. The first-order chi connectivity index (χ1) is 22.5. The van der Waals surface area contributed by atoms with Crippen molar-refractivity contribution in [3.63, 3.8) is 0 Å². The molecule has 3 aromatic carbocycles. The lowest BCUT2D eigenvalue weighted by Gasteiger charge is -2.39. The Bertz CT molecular complexity index is 1410. The summed E-state index contributed by atoms with van der Waals surface area (Å²) in [7, 11) is 0. The summed E-state index contributed by atoms with van der Waals surface area (Å²) < 4.78 is 13.3. The lowest BCUT2D eigenvalue weighted by Crippen LogP contribution is -2.41. The van der Waals surface area contributed by atoms with E-state index in [0.717, 1.165) is 78.7 Å². The number of likely N-dealkylation sites (tertiary alicyclic amines) is 1. The van der Waals surface area contributed by atoms with E-state index in [1.54, 1.807) is 0 Å². The Morgan fingerprint density at radius 1 is 0.826 bits per heavy atom. The minimum atomic E-state index is -0.494. The van der Waals surface area contributed by atoms with Crippen LogP contribution in [0.1, 0.15) is 92.9 Å². The molecule has 3 N–H and O–H groups in total. The van der Waals surface area contributed by atoms with Crippen molar-refractivity contribution in [1.82, 2.24) is 15.5 Å². The van der Waals surface area contributed by atoms with Gasteiger partial charge in [-0.15, -0.1) is 0 Å². The molecule has 8 nitrogen and oxygen atoms in total. The van der Waals surface area contributed by atoms with Gasteiger partial charge in [-0.05, 0) is 78.7 Å². The van der Waals surface area contributed by atoms with Crippen molar-refractivity contribution in [3.05, 3.63) is 95.1 Å². The Kier molecular flexibility index (Phi) is 12.8. The van der Waals surface area contributed by atoms with E-state index in [2.05, 4.69) is 64.1 Å². The molecule has 5 rings (SSSR count). The predicted octanol–water partition coefficient (Wildman–Crippen LogP) is 6.19. The van der Waals surface area contributed by atoms with E-state index < -0.39 is 6.29 Å². The zero-order valence-electron chi connectivity index (χ0n) is 27.1. The standard InChI is InChI=1S/C38H49N3O5/c1-28(43)39-19-5-2-4-14-37(44)40-25-30-10-8-11-32(22-30)33-12-9-13-34(23-33)38-45-35(26-41-20-6-3-7-21-41)24-36(46-38)31-17-15-29(27-42)16-18-31/h8-13,15-18,22-23,35-36,38,42H,2-7,14,19-21,24-27H2,1H3,(H,39,43)(H,40,44)/t35-,36+,38+/m0/s1. The van der Waals surface area contributed by atoms with Crippen LogP contribution in [0.3, 0.4) is 0 Å². The summed E-state index contributed by atoms with van der Waals surface area (Å²) in [5.41, 5.74) is 6.16. The molecule has 2 aliphatic rings. The first-order valence-corrected chi connectivity index (χ1v) is 16.9. The average molecular weight is 628 g/mol. The molecule has 8 heteroatoms. The van der Waals surface area contributed by atoms with Gasteiger partial charge in [0.25, 0.3) is 0 Å². The van der Waals surface area contributed by atoms with Gasteiger partial charge < -0.3 is 30.1 Å².